The first-order chi connectivity index (χ1) is 9.18. The van der Waals surface area contributed by atoms with Gasteiger partial charge in [-0.25, -0.2) is 0 Å². The van der Waals surface area contributed by atoms with Gasteiger partial charge in [-0.1, -0.05) is 30.3 Å². The van der Waals surface area contributed by atoms with E-state index in [9.17, 15) is 4.79 Å². The number of H-pyrrole nitrogens is 1. The van der Waals surface area contributed by atoms with Gasteiger partial charge in [0.1, 0.15) is 4.70 Å². The molecule has 19 heavy (non-hydrogen) atoms. The Morgan fingerprint density at radius 2 is 2.00 bits per heavy atom. The van der Waals surface area contributed by atoms with E-state index in [0.717, 1.165) is 15.8 Å². The highest BCUT2D eigenvalue weighted by Crippen LogP contribution is 2.19. The third kappa shape index (κ3) is 2.05. The first-order valence-electron chi connectivity index (χ1n) is 5.95. The van der Waals surface area contributed by atoms with Crippen LogP contribution < -0.4 is 5.56 Å². The standard InChI is InChI=1S/C14H12N2OS2/c1-9(10-5-3-2-4-6-10)16-13(17)12-11(7-8-19-12)15-14(16)18/h2-9H,1H3,(H,15,18). The maximum atomic E-state index is 12.5. The molecule has 2 aromatic heterocycles. The van der Waals surface area contributed by atoms with Crippen LogP contribution in [0.4, 0.5) is 0 Å². The van der Waals surface area contributed by atoms with Gasteiger partial charge in [0.2, 0.25) is 0 Å². The second-order valence-electron chi connectivity index (χ2n) is 4.36. The fourth-order valence-electron chi connectivity index (χ4n) is 2.18. The third-order valence-corrected chi connectivity index (χ3v) is 4.41. The highest BCUT2D eigenvalue weighted by molar-refractivity contribution is 7.71. The lowest BCUT2D eigenvalue weighted by Gasteiger charge is -2.15. The first kappa shape index (κ1) is 12.3. The van der Waals surface area contributed by atoms with E-state index in [2.05, 4.69) is 4.98 Å². The molecule has 0 spiro atoms. The van der Waals surface area contributed by atoms with Crippen molar-refractivity contribution in [1.82, 2.24) is 9.55 Å². The molecular formula is C14H12N2OS2. The number of hydrogen-bond donors (Lipinski definition) is 1. The predicted octanol–water partition coefficient (Wildman–Crippen LogP) is 3.73. The lowest BCUT2D eigenvalue weighted by atomic mass is 10.1. The maximum absolute atomic E-state index is 12.5. The first-order valence-corrected chi connectivity index (χ1v) is 7.24. The topological polar surface area (TPSA) is 37.8 Å². The average molecular weight is 288 g/mol. The zero-order valence-electron chi connectivity index (χ0n) is 10.3. The van der Waals surface area contributed by atoms with Crippen molar-refractivity contribution in [3.05, 3.63) is 62.5 Å². The van der Waals surface area contributed by atoms with E-state index in [1.165, 1.54) is 11.3 Å². The normalized spacial score (nSPS) is 12.7. The fourth-order valence-corrected chi connectivity index (χ4v) is 3.32. The largest absolute Gasteiger partial charge is 0.331 e. The van der Waals surface area contributed by atoms with Crippen molar-refractivity contribution in [2.24, 2.45) is 0 Å². The van der Waals surface area contributed by atoms with Crippen molar-refractivity contribution in [2.75, 3.05) is 0 Å². The van der Waals surface area contributed by atoms with Gasteiger partial charge in [-0.2, -0.15) is 0 Å². The SMILES string of the molecule is CC(c1ccccc1)n1c(=S)[nH]c2ccsc2c1=O. The summed E-state index contributed by atoms with van der Waals surface area (Å²) < 4.78 is 2.83. The molecule has 0 radical (unpaired) electrons. The molecule has 1 aromatic carbocycles. The van der Waals surface area contributed by atoms with Crippen LogP contribution in [-0.4, -0.2) is 9.55 Å². The van der Waals surface area contributed by atoms with E-state index >= 15 is 0 Å². The molecule has 1 atom stereocenters. The summed E-state index contributed by atoms with van der Waals surface area (Å²) in [7, 11) is 0. The fraction of sp³-hybridized carbons (Fsp3) is 0.143. The molecule has 0 saturated carbocycles. The quantitative estimate of drug-likeness (QED) is 0.730. The number of aromatic nitrogens is 2. The Balaban J connectivity index is 2.26. The van der Waals surface area contributed by atoms with Crippen LogP contribution >= 0.6 is 23.6 Å². The Morgan fingerprint density at radius 1 is 1.26 bits per heavy atom. The van der Waals surface area contributed by atoms with Crippen LogP contribution in [0.1, 0.15) is 18.5 Å². The van der Waals surface area contributed by atoms with Gasteiger partial charge in [0.25, 0.3) is 5.56 Å². The number of nitrogens with one attached hydrogen (secondary N) is 1. The smallest absolute Gasteiger partial charge is 0.272 e. The molecule has 1 unspecified atom stereocenters. The molecule has 1 N–H and O–H groups in total. The summed E-state index contributed by atoms with van der Waals surface area (Å²) in [6, 6.07) is 11.7. The molecule has 2 heterocycles. The summed E-state index contributed by atoms with van der Waals surface area (Å²) in [6.07, 6.45) is 0. The molecule has 0 amide bonds. The summed E-state index contributed by atoms with van der Waals surface area (Å²) in [6.45, 7) is 1.99. The number of nitrogens with zero attached hydrogens (tertiary/aromatic N) is 1. The van der Waals surface area contributed by atoms with Crippen molar-refractivity contribution in [3.8, 4) is 0 Å². The minimum atomic E-state index is -0.0797. The summed E-state index contributed by atoms with van der Waals surface area (Å²) in [5.74, 6) is 0. The van der Waals surface area contributed by atoms with Gasteiger partial charge < -0.3 is 4.98 Å². The Kier molecular flexibility index (Phi) is 3.08. The Bertz CT molecular complexity index is 830. The van der Waals surface area contributed by atoms with E-state index in [1.54, 1.807) is 4.57 Å². The lowest BCUT2D eigenvalue weighted by Crippen LogP contribution is -2.25. The molecule has 5 heteroatoms. The van der Waals surface area contributed by atoms with Crippen molar-refractivity contribution in [2.45, 2.75) is 13.0 Å². The highest BCUT2D eigenvalue weighted by Gasteiger charge is 2.13. The minimum absolute atomic E-state index is 0.0231. The van der Waals surface area contributed by atoms with Crippen LogP contribution in [0.15, 0.2) is 46.6 Å². The molecule has 0 aliphatic carbocycles. The van der Waals surface area contributed by atoms with E-state index in [0.29, 0.717) is 4.77 Å². The molecule has 0 aliphatic rings. The van der Waals surface area contributed by atoms with Crippen molar-refractivity contribution < 1.29 is 0 Å². The van der Waals surface area contributed by atoms with Gasteiger partial charge in [0.15, 0.2) is 4.77 Å². The van der Waals surface area contributed by atoms with E-state index in [-0.39, 0.29) is 11.6 Å². The second-order valence-corrected chi connectivity index (χ2v) is 5.66. The predicted molar refractivity (Wildman–Crippen MR) is 81.5 cm³/mol. The van der Waals surface area contributed by atoms with Gasteiger partial charge >= 0.3 is 0 Å². The maximum Gasteiger partial charge on any atom is 0.272 e. The van der Waals surface area contributed by atoms with E-state index in [1.807, 2.05) is 48.7 Å². The zero-order valence-corrected chi connectivity index (χ0v) is 11.9. The molecule has 96 valence electrons. The molecule has 0 bridgehead atoms. The van der Waals surface area contributed by atoms with Crippen molar-refractivity contribution in [3.63, 3.8) is 0 Å². The van der Waals surface area contributed by atoms with Gasteiger partial charge in [0.05, 0.1) is 11.6 Å². The minimum Gasteiger partial charge on any atom is -0.331 e. The van der Waals surface area contributed by atoms with Gasteiger partial charge in [-0.3, -0.25) is 9.36 Å². The number of benzene rings is 1. The van der Waals surface area contributed by atoms with E-state index < -0.39 is 0 Å². The summed E-state index contributed by atoms with van der Waals surface area (Å²) in [5.41, 5.74) is 1.86. The number of hydrogen-bond acceptors (Lipinski definition) is 3. The number of fused-ring (bicyclic) bond motifs is 1. The Labute approximate surface area is 119 Å². The van der Waals surface area contributed by atoms with Gasteiger partial charge in [-0.05, 0) is 36.2 Å². The molecule has 3 aromatic rings. The Morgan fingerprint density at radius 3 is 2.74 bits per heavy atom. The molecule has 0 saturated heterocycles. The summed E-state index contributed by atoms with van der Waals surface area (Å²) >= 11 is 6.76. The highest BCUT2D eigenvalue weighted by atomic mass is 32.1. The third-order valence-electron chi connectivity index (χ3n) is 3.21. The average Bonchev–Trinajstić information content (AvgIpc) is 2.88. The van der Waals surface area contributed by atoms with Gasteiger partial charge in [-0.15, -0.1) is 11.3 Å². The Hall–Kier alpha value is -1.72. The van der Waals surface area contributed by atoms with Gasteiger partial charge in [0, 0.05) is 0 Å². The van der Waals surface area contributed by atoms with E-state index in [4.69, 9.17) is 12.2 Å². The van der Waals surface area contributed by atoms with Crippen LogP contribution in [0.2, 0.25) is 0 Å². The lowest BCUT2D eigenvalue weighted by molar-refractivity contribution is 0.600. The van der Waals surface area contributed by atoms with Crippen LogP contribution in [-0.2, 0) is 0 Å². The number of rotatable bonds is 2. The van der Waals surface area contributed by atoms with Crippen molar-refractivity contribution >= 4 is 33.8 Å². The zero-order chi connectivity index (χ0) is 13.4. The molecule has 0 aliphatic heterocycles. The van der Waals surface area contributed by atoms with Crippen LogP contribution in [0.3, 0.4) is 0 Å². The number of aromatic amines is 1. The summed E-state index contributed by atoms with van der Waals surface area (Å²) in [4.78, 5) is 15.6. The summed E-state index contributed by atoms with van der Waals surface area (Å²) in [5, 5.41) is 1.90. The van der Waals surface area contributed by atoms with Crippen LogP contribution in [0, 0.1) is 4.77 Å². The van der Waals surface area contributed by atoms with Crippen LogP contribution in [0.5, 0.6) is 0 Å². The van der Waals surface area contributed by atoms with Crippen LogP contribution in [0.25, 0.3) is 10.2 Å². The monoisotopic (exact) mass is 288 g/mol. The molecule has 0 fully saturated rings. The number of thiophene rings is 1. The molecule has 3 nitrogen and oxygen atoms in total. The molecule has 3 rings (SSSR count). The van der Waals surface area contributed by atoms with Crippen molar-refractivity contribution in [1.29, 1.82) is 0 Å². The molecular weight excluding hydrogens is 276 g/mol. The second kappa shape index (κ2) is 4.75.